The van der Waals surface area contributed by atoms with Crippen LogP contribution in [-0.4, -0.2) is 33.7 Å². The molecule has 0 bridgehead atoms. The van der Waals surface area contributed by atoms with E-state index in [1.807, 2.05) is 0 Å². The molecule has 0 unspecified atom stereocenters. The average Bonchev–Trinajstić information content (AvgIpc) is 2.74. The molecule has 4 nitrogen and oxygen atoms in total. The second-order valence-corrected chi connectivity index (χ2v) is 4.36. The fraction of sp³-hybridized carbons (Fsp3) is 0.778. The van der Waals surface area contributed by atoms with Gasteiger partial charge in [0.2, 0.25) is 5.13 Å². The van der Waals surface area contributed by atoms with Crippen LogP contribution in [0.15, 0.2) is 0 Å². The van der Waals surface area contributed by atoms with Gasteiger partial charge in [0.15, 0.2) is 0 Å². The predicted octanol–water partition coefficient (Wildman–Crippen LogP) is 1.06. The van der Waals surface area contributed by atoms with Gasteiger partial charge in [0.25, 0.3) is 0 Å². The van der Waals surface area contributed by atoms with Crippen molar-refractivity contribution in [2.45, 2.75) is 32.3 Å². The van der Waals surface area contributed by atoms with E-state index in [2.05, 4.69) is 21.2 Å². The summed E-state index contributed by atoms with van der Waals surface area (Å²) in [5.74, 6) is 0.939. The van der Waals surface area contributed by atoms with Gasteiger partial charge in [-0.3, -0.25) is 0 Å². The number of nitrogens with zero attached hydrogens (tertiary/aromatic N) is 3. The van der Waals surface area contributed by atoms with Crippen molar-refractivity contribution in [3.8, 4) is 0 Å². The van der Waals surface area contributed by atoms with Crippen molar-refractivity contribution in [3.63, 3.8) is 0 Å². The van der Waals surface area contributed by atoms with Gasteiger partial charge in [-0.1, -0.05) is 6.92 Å². The van der Waals surface area contributed by atoms with Crippen LogP contribution in [-0.2, 0) is 6.42 Å². The van der Waals surface area contributed by atoms with Crippen molar-refractivity contribution in [1.29, 1.82) is 0 Å². The molecule has 2 heterocycles. The van der Waals surface area contributed by atoms with Crippen LogP contribution in [0.1, 0.15) is 25.6 Å². The van der Waals surface area contributed by atoms with Crippen LogP contribution in [0.5, 0.6) is 0 Å². The van der Waals surface area contributed by atoms with E-state index in [0.29, 0.717) is 6.54 Å². The number of aryl methyl sites for hydroxylation is 1. The van der Waals surface area contributed by atoms with Crippen molar-refractivity contribution in [2.24, 2.45) is 0 Å². The lowest BCUT2D eigenvalue weighted by Gasteiger charge is -2.11. The summed E-state index contributed by atoms with van der Waals surface area (Å²) in [4.78, 5) is 6.55. The average molecular weight is 213 g/mol. The van der Waals surface area contributed by atoms with Gasteiger partial charge in [0.05, 0.1) is 6.10 Å². The minimum Gasteiger partial charge on any atom is -0.391 e. The van der Waals surface area contributed by atoms with Crippen LogP contribution in [0.3, 0.4) is 0 Å². The van der Waals surface area contributed by atoms with Gasteiger partial charge in [-0.25, -0.2) is 4.98 Å². The minimum absolute atomic E-state index is 0.187. The van der Waals surface area contributed by atoms with Gasteiger partial charge in [-0.05, 0) is 12.8 Å². The molecule has 1 atom stereocenters. The first-order chi connectivity index (χ1) is 6.79. The fourth-order valence-corrected chi connectivity index (χ4v) is 2.36. The number of rotatable bonds is 3. The lowest BCUT2D eigenvalue weighted by molar-refractivity contribution is 0.198. The minimum atomic E-state index is -0.187. The summed E-state index contributed by atoms with van der Waals surface area (Å²) >= 11 is 1.44. The lowest BCUT2D eigenvalue weighted by atomic mass is 10.3. The summed E-state index contributed by atoms with van der Waals surface area (Å²) < 4.78 is 4.28. The smallest absolute Gasteiger partial charge is 0.205 e. The standard InChI is InChI=1S/C9H15N3OS/c1-2-3-8-10-9(14-11-8)12-5-4-7(13)6-12/h7,13H,2-6H2,1H3/t7-/m1/s1. The summed E-state index contributed by atoms with van der Waals surface area (Å²) in [6, 6.07) is 0. The van der Waals surface area contributed by atoms with Gasteiger partial charge >= 0.3 is 0 Å². The van der Waals surface area contributed by atoms with Crippen molar-refractivity contribution in [3.05, 3.63) is 5.82 Å². The van der Waals surface area contributed by atoms with Crippen LogP contribution in [0, 0.1) is 0 Å². The zero-order valence-corrected chi connectivity index (χ0v) is 9.13. The van der Waals surface area contributed by atoms with E-state index in [4.69, 9.17) is 0 Å². The molecule has 0 amide bonds. The molecule has 1 aliphatic heterocycles. The Kier molecular flexibility index (Phi) is 2.98. The molecule has 1 N–H and O–H groups in total. The van der Waals surface area contributed by atoms with Crippen LogP contribution in [0.25, 0.3) is 0 Å². The van der Waals surface area contributed by atoms with Gasteiger partial charge in [0, 0.05) is 31.0 Å². The van der Waals surface area contributed by atoms with Crippen LogP contribution in [0.2, 0.25) is 0 Å². The number of hydrogen-bond donors (Lipinski definition) is 1. The molecule has 1 saturated heterocycles. The topological polar surface area (TPSA) is 49.2 Å². The third-order valence-electron chi connectivity index (χ3n) is 2.36. The summed E-state index contributed by atoms with van der Waals surface area (Å²) in [6.45, 7) is 3.74. The zero-order chi connectivity index (χ0) is 9.97. The van der Waals surface area contributed by atoms with Gasteiger partial charge in [0.1, 0.15) is 5.82 Å². The maximum absolute atomic E-state index is 9.39. The molecular formula is C9H15N3OS. The van der Waals surface area contributed by atoms with Crippen molar-refractivity contribution in [1.82, 2.24) is 9.36 Å². The fourth-order valence-electron chi connectivity index (χ4n) is 1.61. The van der Waals surface area contributed by atoms with Crippen LogP contribution < -0.4 is 4.90 Å². The Morgan fingerprint density at radius 2 is 2.50 bits per heavy atom. The lowest BCUT2D eigenvalue weighted by Crippen LogP contribution is -2.20. The Morgan fingerprint density at radius 1 is 1.64 bits per heavy atom. The Bertz CT molecular complexity index is 302. The normalized spacial score (nSPS) is 21.9. The molecular weight excluding hydrogens is 198 g/mol. The zero-order valence-electron chi connectivity index (χ0n) is 8.31. The van der Waals surface area contributed by atoms with Gasteiger partial charge in [-0.2, -0.15) is 4.37 Å². The first-order valence-electron chi connectivity index (χ1n) is 5.05. The molecule has 78 valence electrons. The number of hydrogen-bond acceptors (Lipinski definition) is 5. The maximum Gasteiger partial charge on any atom is 0.205 e. The van der Waals surface area contributed by atoms with E-state index in [0.717, 1.165) is 36.8 Å². The number of aromatic nitrogens is 2. The second kappa shape index (κ2) is 4.23. The third kappa shape index (κ3) is 2.04. The largest absolute Gasteiger partial charge is 0.391 e. The molecule has 0 aliphatic carbocycles. The molecule has 1 aromatic rings. The first-order valence-corrected chi connectivity index (χ1v) is 5.82. The quantitative estimate of drug-likeness (QED) is 0.815. The molecule has 0 spiro atoms. The maximum atomic E-state index is 9.39. The number of aliphatic hydroxyl groups excluding tert-OH is 1. The number of anilines is 1. The first kappa shape index (κ1) is 9.86. The van der Waals surface area contributed by atoms with Gasteiger partial charge in [-0.15, -0.1) is 0 Å². The summed E-state index contributed by atoms with van der Waals surface area (Å²) in [6.07, 6.45) is 2.70. The predicted molar refractivity (Wildman–Crippen MR) is 56.7 cm³/mol. The monoisotopic (exact) mass is 213 g/mol. The van der Waals surface area contributed by atoms with Crippen molar-refractivity contribution < 1.29 is 5.11 Å². The Balaban J connectivity index is 2.02. The van der Waals surface area contributed by atoms with Gasteiger partial charge < -0.3 is 10.0 Å². The molecule has 1 aliphatic rings. The van der Waals surface area contributed by atoms with Crippen molar-refractivity contribution >= 4 is 16.7 Å². The number of aliphatic hydroxyl groups is 1. The molecule has 0 radical (unpaired) electrons. The van der Waals surface area contributed by atoms with Crippen LogP contribution in [0.4, 0.5) is 5.13 Å². The van der Waals surface area contributed by atoms with Crippen LogP contribution >= 0.6 is 11.5 Å². The second-order valence-electron chi connectivity index (χ2n) is 3.63. The van der Waals surface area contributed by atoms with E-state index < -0.39 is 0 Å². The highest BCUT2D eigenvalue weighted by atomic mass is 32.1. The molecule has 0 saturated carbocycles. The molecule has 1 aromatic heterocycles. The SMILES string of the molecule is CCCc1nsc(N2CC[C@@H](O)C2)n1. The van der Waals surface area contributed by atoms with E-state index in [1.165, 1.54) is 11.5 Å². The Morgan fingerprint density at radius 3 is 3.14 bits per heavy atom. The summed E-state index contributed by atoms with van der Waals surface area (Å²) in [7, 11) is 0. The highest BCUT2D eigenvalue weighted by Gasteiger charge is 2.22. The van der Waals surface area contributed by atoms with E-state index in [-0.39, 0.29) is 6.10 Å². The number of β-amino-alcohol motifs (C(OH)–C–C–N with tert-alkyl or cyclic N) is 1. The Labute approximate surface area is 87.8 Å². The third-order valence-corrected chi connectivity index (χ3v) is 3.18. The summed E-state index contributed by atoms with van der Waals surface area (Å²) in [5, 5.41) is 10.3. The highest BCUT2D eigenvalue weighted by Crippen LogP contribution is 2.22. The summed E-state index contributed by atoms with van der Waals surface area (Å²) in [5.41, 5.74) is 0. The molecule has 0 aromatic carbocycles. The van der Waals surface area contributed by atoms with E-state index in [1.54, 1.807) is 0 Å². The van der Waals surface area contributed by atoms with E-state index in [9.17, 15) is 5.11 Å². The Hall–Kier alpha value is -0.680. The van der Waals surface area contributed by atoms with E-state index >= 15 is 0 Å². The molecule has 2 rings (SSSR count). The van der Waals surface area contributed by atoms with Crippen molar-refractivity contribution in [2.75, 3.05) is 18.0 Å². The molecule has 5 heteroatoms. The molecule has 14 heavy (non-hydrogen) atoms. The molecule has 1 fully saturated rings. The highest BCUT2D eigenvalue weighted by molar-refractivity contribution is 7.09.